The summed E-state index contributed by atoms with van der Waals surface area (Å²) in [4.78, 5) is 33.6. The monoisotopic (exact) mass is 346 g/mol. The quantitative estimate of drug-likeness (QED) is 0.831. The van der Waals surface area contributed by atoms with E-state index in [2.05, 4.69) is 23.7 Å². The van der Waals surface area contributed by atoms with Gasteiger partial charge in [-0.3, -0.25) is 19.1 Å². The first-order valence-corrected chi connectivity index (χ1v) is 9.45. The van der Waals surface area contributed by atoms with Gasteiger partial charge in [0.05, 0.1) is 12.4 Å². The van der Waals surface area contributed by atoms with Gasteiger partial charge in [-0.15, -0.1) is 0 Å². The average molecular weight is 346 g/mol. The molecule has 1 unspecified atom stereocenters. The Hall–Kier alpha value is -1.69. The molecule has 25 heavy (non-hydrogen) atoms. The molecule has 0 saturated carbocycles. The summed E-state index contributed by atoms with van der Waals surface area (Å²) in [6.07, 6.45) is 4.69. The number of nitrogens with zero attached hydrogens (tertiary/aromatic N) is 4. The SMILES string of the molecule is Cc1ncn(CC2CCN(C3CCN(C(C)C)C3=O)CC2)c(=O)c1C. The van der Waals surface area contributed by atoms with E-state index in [1.54, 1.807) is 10.9 Å². The lowest BCUT2D eigenvalue weighted by molar-refractivity contribution is -0.134. The molecule has 2 aliphatic rings. The van der Waals surface area contributed by atoms with Gasteiger partial charge in [0, 0.05) is 30.4 Å². The van der Waals surface area contributed by atoms with Crippen LogP contribution in [0.15, 0.2) is 11.1 Å². The largest absolute Gasteiger partial charge is 0.339 e. The van der Waals surface area contributed by atoms with Crippen LogP contribution in [0.2, 0.25) is 0 Å². The summed E-state index contributed by atoms with van der Waals surface area (Å²) < 4.78 is 1.75. The molecule has 1 aromatic heterocycles. The number of carbonyl (C=O) groups excluding carboxylic acids is 1. The third kappa shape index (κ3) is 3.64. The second-order valence-electron chi connectivity index (χ2n) is 7.82. The van der Waals surface area contributed by atoms with Crippen molar-refractivity contribution in [2.24, 2.45) is 5.92 Å². The number of hydrogen-bond acceptors (Lipinski definition) is 4. The highest BCUT2D eigenvalue weighted by molar-refractivity contribution is 5.84. The van der Waals surface area contributed by atoms with Crippen molar-refractivity contribution < 1.29 is 4.79 Å². The maximum atomic E-state index is 12.6. The topological polar surface area (TPSA) is 58.4 Å². The Morgan fingerprint density at radius 3 is 2.40 bits per heavy atom. The molecular formula is C19H30N4O2. The molecular weight excluding hydrogens is 316 g/mol. The fraction of sp³-hybridized carbons (Fsp3) is 0.737. The van der Waals surface area contributed by atoms with Crippen LogP contribution in [0.5, 0.6) is 0 Å². The van der Waals surface area contributed by atoms with Gasteiger partial charge in [-0.05, 0) is 66.0 Å². The first-order chi connectivity index (χ1) is 11.9. The first-order valence-electron chi connectivity index (χ1n) is 9.45. The van der Waals surface area contributed by atoms with Crippen LogP contribution >= 0.6 is 0 Å². The number of hydrogen-bond donors (Lipinski definition) is 0. The molecule has 0 bridgehead atoms. The van der Waals surface area contributed by atoms with Crippen LogP contribution < -0.4 is 5.56 Å². The van der Waals surface area contributed by atoms with E-state index in [0.29, 0.717) is 17.9 Å². The standard InChI is InChI=1S/C19H30N4O2/c1-13(2)23-10-7-17(19(23)25)21-8-5-16(6-9-21)11-22-12-20-15(4)14(3)18(22)24/h12-13,16-17H,5-11H2,1-4H3. The fourth-order valence-electron chi connectivity index (χ4n) is 4.07. The van der Waals surface area contributed by atoms with Crippen molar-refractivity contribution in [3.63, 3.8) is 0 Å². The number of rotatable bonds is 4. The van der Waals surface area contributed by atoms with Gasteiger partial charge in [0.2, 0.25) is 5.91 Å². The van der Waals surface area contributed by atoms with Crippen molar-refractivity contribution in [3.8, 4) is 0 Å². The van der Waals surface area contributed by atoms with E-state index in [4.69, 9.17) is 0 Å². The molecule has 3 heterocycles. The molecule has 2 aliphatic heterocycles. The van der Waals surface area contributed by atoms with Gasteiger partial charge in [-0.25, -0.2) is 4.98 Å². The molecule has 2 saturated heterocycles. The highest BCUT2D eigenvalue weighted by atomic mass is 16.2. The molecule has 6 nitrogen and oxygen atoms in total. The lowest BCUT2D eigenvalue weighted by Crippen LogP contribution is -2.47. The minimum absolute atomic E-state index is 0.0642. The van der Waals surface area contributed by atoms with Gasteiger partial charge < -0.3 is 4.90 Å². The Morgan fingerprint density at radius 1 is 1.12 bits per heavy atom. The molecule has 3 rings (SSSR count). The highest BCUT2D eigenvalue weighted by Gasteiger charge is 2.38. The second-order valence-corrected chi connectivity index (χ2v) is 7.82. The van der Waals surface area contributed by atoms with E-state index < -0.39 is 0 Å². The van der Waals surface area contributed by atoms with Crippen molar-refractivity contribution in [1.29, 1.82) is 0 Å². The van der Waals surface area contributed by atoms with E-state index >= 15 is 0 Å². The lowest BCUT2D eigenvalue weighted by Gasteiger charge is -2.35. The van der Waals surface area contributed by atoms with Crippen molar-refractivity contribution in [3.05, 3.63) is 27.9 Å². The number of likely N-dealkylation sites (tertiary alicyclic amines) is 2. The van der Waals surface area contributed by atoms with Gasteiger partial charge in [0.1, 0.15) is 0 Å². The van der Waals surface area contributed by atoms with Crippen molar-refractivity contribution in [2.45, 2.75) is 65.6 Å². The number of aryl methyl sites for hydroxylation is 1. The van der Waals surface area contributed by atoms with Crippen LogP contribution in [-0.4, -0.2) is 57.0 Å². The van der Waals surface area contributed by atoms with Crippen molar-refractivity contribution >= 4 is 5.91 Å². The number of aromatic nitrogens is 2. The van der Waals surface area contributed by atoms with Gasteiger partial charge in [0.15, 0.2) is 0 Å². The molecule has 0 aliphatic carbocycles. The molecule has 6 heteroatoms. The Balaban J connectivity index is 1.57. The van der Waals surface area contributed by atoms with Crippen molar-refractivity contribution in [2.75, 3.05) is 19.6 Å². The molecule has 0 radical (unpaired) electrons. The van der Waals surface area contributed by atoms with Gasteiger partial charge >= 0.3 is 0 Å². The zero-order valence-corrected chi connectivity index (χ0v) is 15.9. The van der Waals surface area contributed by atoms with E-state index in [1.807, 2.05) is 18.7 Å². The smallest absolute Gasteiger partial charge is 0.256 e. The fourth-order valence-corrected chi connectivity index (χ4v) is 4.07. The van der Waals surface area contributed by atoms with Crippen LogP contribution in [-0.2, 0) is 11.3 Å². The summed E-state index contributed by atoms with van der Waals surface area (Å²) in [6.45, 7) is 11.4. The Labute approximate surface area is 149 Å². The van der Waals surface area contributed by atoms with Crippen LogP contribution in [0.3, 0.4) is 0 Å². The molecule has 1 aromatic rings. The zero-order valence-electron chi connectivity index (χ0n) is 15.9. The third-order valence-electron chi connectivity index (χ3n) is 5.89. The zero-order chi connectivity index (χ0) is 18.1. The van der Waals surface area contributed by atoms with Gasteiger partial charge in [-0.2, -0.15) is 0 Å². The van der Waals surface area contributed by atoms with Crippen molar-refractivity contribution in [1.82, 2.24) is 19.4 Å². The van der Waals surface area contributed by atoms with Gasteiger partial charge in [0.25, 0.3) is 5.56 Å². The summed E-state index contributed by atoms with van der Waals surface area (Å²) in [5.74, 6) is 0.776. The average Bonchev–Trinajstić information content (AvgIpc) is 2.98. The molecule has 0 N–H and O–H groups in total. The van der Waals surface area contributed by atoms with E-state index in [9.17, 15) is 9.59 Å². The van der Waals surface area contributed by atoms with E-state index in [0.717, 1.165) is 56.7 Å². The van der Waals surface area contributed by atoms with Crippen LogP contribution in [0.4, 0.5) is 0 Å². The highest BCUT2D eigenvalue weighted by Crippen LogP contribution is 2.25. The number of piperidine rings is 1. The predicted molar refractivity (Wildman–Crippen MR) is 97.5 cm³/mol. The third-order valence-corrected chi connectivity index (χ3v) is 5.89. The summed E-state index contributed by atoms with van der Waals surface area (Å²) >= 11 is 0. The Bertz CT molecular complexity index is 689. The minimum Gasteiger partial charge on any atom is -0.339 e. The summed E-state index contributed by atoms with van der Waals surface area (Å²) in [7, 11) is 0. The van der Waals surface area contributed by atoms with E-state index in [1.165, 1.54) is 0 Å². The molecule has 1 amide bonds. The molecule has 0 aromatic carbocycles. The van der Waals surface area contributed by atoms with Gasteiger partial charge in [-0.1, -0.05) is 0 Å². The normalized spacial score (nSPS) is 23.0. The van der Waals surface area contributed by atoms with Crippen LogP contribution in [0.25, 0.3) is 0 Å². The van der Waals surface area contributed by atoms with E-state index in [-0.39, 0.29) is 11.6 Å². The Kier molecular flexibility index (Phi) is 5.27. The van der Waals surface area contributed by atoms with Crippen LogP contribution in [0, 0.1) is 19.8 Å². The molecule has 138 valence electrons. The summed E-state index contributed by atoms with van der Waals surface area (Å²) in [5, 5.41) is 0. The number of carbonyl (C=O) groups is 1. The maximum Gasteiger partial charge on any atom is 0.256 e. The maximum absolute atomic E-state index is 12.6. The lowest BCUT2D eigenvalue weighted by atomic mass is 9.95. The Morgan fingerprint density at radius 2 is 1.80 bits per heavy atom. The molecule has 1 atom stereocenters. The summed E-state index contributed by atoms with van der Waals surface area (Å²) in [5.41, 5.74) is 1.63. The second kappa shape index (κ2) is 7.28. The molecule has 2 fully saturated rings. The number of amides is 1. The first kappa shape index (κ1) is 18.1. The van der Waals surface area contributed by atoms with Crippen LogP contribution in [0.1, 0.15) is 44.4 Å². The summed E-state index contributed by atoms with van der Waals surface area (Å²) in [6, 6.07) is 0.355. The molecule has 0 spiro atoms. The predicted octanol–water partition coefficient (Wildman–Crippen LogP) is 1.58. The minimum atomic E-state index is 0.0642.